The Bertz CT molecular complexity index is 2850. The average Bonchev–Trinajstić information content (AvgIpc) is 3.79. The van der Waals surface area contributed by atoms with Gasteiger partial charge in [0.1, 0.15) is 5.58 Å². The van der Waals surface area contributed by atoms with E-state index in [0.717, 1.165) is 50.1 Å². The van der Waals surface area contributed by atoms with Crippen LogP contribution in [0, 0.1) is 0 Å². The van der Waals surface area contributed by atoms with Crippen LogP contribution in [0.25, 0.3) is 75.5 Å². The minimum atomic E-state index is 0.868. The summed E-state index contributed by atoms with van der Waals surface area (Å²) in [5.41, 5.74) is 12.0. The lowest BCUT2D eigenvalue weighted by atomic mass is 9.94. The van der Waals surface area contributed by atoms with Crippen molar-refractivity contribution < 1.29 is 4.42 Å². The summed E-state index contributed by atoms with van der Waals surface area (Å²) in [4.78, 5) is 2.39. The third kappa shape index (κ3) is 4.93. The smallest absolute Gasteiger partial charge is 0.159 e. The number of rotatable bonds is 6. The van der Waals surface area contributed by atoms with E-state index in [2.05, 4.69) is 193 Å². The Balaban J connectivity index is 1.20. The molecule has 2 nitrogen and oxygen atoms in total. The zero-order valence-electron chi connectivity index (χ0n) is 27.7. The van der Waals surface area contributed by atoms with Crippen molar-refractivity contribution in [2.24, 2.45) is 0 Å². The van der Waals surface area contributed by atoms with Gasteiger partial charge in [-0.3, -0.25) is 0 Å². The van der Waals surface area contributed by atoms with E-state index in [0.29, 0.717) is 0 Å². The summed E-state index contributed by atoms with van der Waals surface area (Å²) >= 11 is 1.84. The summed E-state index contributed by atoms with van der Waals surface area (Å²) in [6.45, 7) is 0. The van der Waals surface area contributed by atoms with Gasteiger partial charge in [-0.1, -0.05) is 158 Å². The SMILES string of the molecule is c1ccc(-c2ccccc2-c2ccc(N(c3cccc4c3oc3c(-c5ccccc5)cccc34)c3cccc4c3sc3ccccc34)cc2)cc1. The van der Waals surface area contributed by atoms with Crippen molar-refractivity contribution in [1.29, 1.82) is 0 Å². The number of nitrogens with zero attached hydrogens (tertiary/aromatic N) is 1. The topological polar surface area (TPSA) is 16.4 Å². The lowest BCUT2D eigenvalue weighted by molar-refractivity contribution is 0.670. The molecule has 51 heavy (non-hydrogen) atoms. The van der Waals surface area contributed by atoms with Crippen LogP contribution in [0.4, 0.5) is 17.1 Å². The van der Waals surface area contributed by atoms with Crippen molar-refractivity contribution in [3.05, 3.63) is 188 Å². The molecule has 8 aromatic carbocycles. The number of hydrogen-bond donors (Lipinski definition) is 0. The highest BCUT2D eigenvalue weighted by Gasteiger charge is 2.23. The van der Waals surface area contributed by atoms with E-state index in [9.17, 15) is 0 Å². The molecule has 0 spiro atoms. The predicted octanol–water partition coefficient (Wildman–Crippen LogP) is 14.4. The largest absolute Gasteiger partial charge is 0.453 e. The molecule has 0 aliphatic rings. The molecule has 2 aromatic heterocycles. The van der Waals surface area contributed by atoms with Crippen LogP contribution in [-0.2, 0) is 0 Å². The van der Waals surface area contributed by atoms with E-state index >= 15 is 0 Å². The molecular weight excluding hydrogens is 639 g/mol. The minimum Gasteiger partial charge on any atom is -0.453 e. The quantitative estimate of drug-likeness (QED) is 0.175. The lowest BCUT2D eigenvalue weighted by Crippen LogP contribution is -2.10. The van der Waals surface area contributed by atoms with Crippen LogP contribution in [0.1, 0.15) is 0 Å². The van der Waals surface area contributed by atoms with Gasteiger partial charge in [-0.25, -0.2) is 0 Å². The number of fused-ring (bicyclic) bond motifs is 6. The van der Waals surface area contributed by atoms with Crippen molar-refractivity contribution in [2.45, 2.75) is 0 Å². The van der Waals surface area contributed by atoms with Crippen molar-refractivity contribution in [3.63, 3.8) is 0 Å². The number of hydrogen-bond acceptors (Lipinski definition) is 3. The van der Waals surface area contributed by atoms with Gasteiger partial charge in [0.05, 0.1) is 16.1 Å². The maximum absolute atomic E-state index is 6.98. The zero-order valence-corrected chi connectivity index (χ0v) is 28.5. The van der Waals surface area contributed by atoms with E-state index < -0.39 is 0 Å². The van der Waals surface area contributed by atoms with Gasteiger partial charge in [-0.2, -0.15) is 0 Å². The van der Waals surface area contributed by atoms with Crippen molar-refractivity contribution in [2.75, 3.05) is 4.90 Å². The number of anilines is 3. The first-order valence-electron chi connectivity index (χ1n) is 17.3. The summed E-state index contributed by atoms with van der Waals surface area (Å²) < 4.78 is 9.51. The summed E-state index contributed by atoms with van der Waals surface area (Å²) in [7, 11) is 0. The lowest BCUT2D eigenvalue weighted by Gasteiger charge is -2.26. The number of furan rings is 1. The van der Waals surface area contributed by atoms with E-state index in [1.54, 1.807) is 0 Å². The highest BCUT2D eigenvalue weighted by Crippen LogP contribution is 2.48. The normalized spacial score (nSPS) is 11.5. The van der Waals surface area contributed by atoms with Crippen molar-refractivity contribution in [1.82, 2.24) is 0 Å². The summed E-state index contributed by atoms with van der Waals surface area (Å²) in [6, 6.07) is 67.2. The molecule has 0 radical (unpaired) electrons. The molecule has 0 atom stereocenters. The van der Waals surface area contributed by atoms with Gasteiger partial charge in [0.15, 0.2) is 5.58 Å². The molecule has 10 aromatic rings. The van der Waals surface area contributed by atoms with Crippen LogP contribution < -0.4 is 4.90 Å². The highest BCUT2D eigenvalue weighted by molar-refractivity contribution is 7.26. The van der Waals surface area contributed by atoms with E-state index in [1.807, 2.05) is 11.3 Å². The Kier molecular flexibility index (Phi) is 7.04. The first-order chi connectivity index (χ1) is 25.3. The van der Waals surface area contributed by atoms with Gasteiger partial charge in [-0.15, -0.1) is 11.3 Å². The van der Waals surface area contributed by atoms with Crippen LogP contribution in [0.2, 0.25) is 0 Å². The Morgan fingerprint density at radius 1 is 0.353 bits per heavy atom. The second-order valence-electron chi connectivity index (χ2n) is 12.9. The molecule has 240 valence electrons. The second-order valence-corrected chi connectivity index (χ2v) is 13.9. The van der Waals surface area contributed by atoms with Crippen molar-refractivity contribution >= 4 is 70.5 Å². The molecule has 0 N–H and O–H groups in total. The van der Waals surface area contributed by atoms with Gasteiger partial charge in [0.2, 0.25) is 0 Å². The monoisotopic (exact) mass is 669 g/mol. The van der Waals surface area contributed by atoms with Gasteiger partial charge in [0.25, 0.3) is 0 Å². The molecule has 10 rings (SSSR count). The third-order valence-corrected chi connectivity index (χ3v) is 11.1. The molecule has 0 fully saturated rings. The Hall–Kier alpha value is -6.42. The molecule has 2 heterocycles. The molecular formula is C48H31NOS. The van der Waals surface area contributed by atoms with Crippen LogP contribution in [0.5, 0.6) is 0 Å². The Labute approximate surface area is 300 Å². The molecule has 0 aliphatic carbocycles. The van der Waals surface area contributed by atoms with Crippen LogP contribution >= 0.6 is 11.3 Å². The molecule has 0 amide bonds. The van der Waals surface area contributed by atoms with Gasteiger partial charge < -0.3 is 9.32 Å². The first-order valence-corrected chi connectivity index (χ1v) is 18.1. The molecule has 0 unspecified atom stereocenters. The fraction of sp³-hybridized carbons (Fsp3) is 0. The maximum atomic E-state index is 6.98. The fourth-order valence-corrected chi connectivity index (χ4v) is 8.74. The van der Waals surface area contributed by atoms with Crippen LogP contribution in [0.15, 0.2) is 192 Å². The fourth-order valence-electron chi connectivity index (χ4n) is 7.54. The Morgan fingerprint density at radius 2 is 0.863 bits per heavy atom. The Morgan fingerprint density at radius 3 is 1.59 bits per heavy atom. The van der Waals surface area contributed by atoms with Gasteiger partial charge in [-0.05, 0) is 58.1 Å². The molecule has 3 heteroatoms. The van der Waals surface area contributed by atoms with Crippen molar-refractivity contribution in [3.8, 4) is 33.4 Å². The van der Waals surface area contributed by atoms with Crippen LogP contribution in [0.3, 0.4) is 0 Å². The zero-order chi connectivity index (χ0) is 33.7. The van der Waals surface area contributed by atoms with Gasteiger partial charge >= 0.3 is 0 Å². The van der Waals surface area contributed by atoms with E-state index in [1.165, 1.54) is 42.4 Å². The van der Waals surface area contributed by atoms with E-state index in [4.69, 9.17) is 4.42 Å². The molecule has 0 saturated carbocycles. The van der Waals surface area contributed by atoms with Crippen LogP contribution in [-0.4, -0.2) is 0 Å². The minimum absolute atomic E-state index is 0.868. The number of benzene rings is 8. The maximum Gasteiger partial charge on any atom is 0.159 e. The second kappa shape index (κ2) is 12.2. The summed E-state index contributed by atoms with van der Waals surface area (Å²) in [6.07, 6.45) is 0. The predicted molar refractivity (Wildman–Crippen MR) is 218 cm³/mol. The number of para-hydroxylation sites is 2. The standard InChI is InChI=1S/C48H31NOS/c1-3-14-32(15-4-1)36-18-7-8-19-37(36)34-28-30-35(31-29-34)49(44-26-13-24-42-39-20-9-10-27-45(39)51-48(42)44)43-25-12-23-41-40-22-11-21-38(46(40)50-47(41)43)33-16-5-2-6-17-33/h1-31H. The molecule has 0 aliphatic heterocycles. The molecule has 0 bridgehead atoms. The highest BCUT2D eigenvalue weighted by atomic mass is 32.1. The average molecular weight is 670 g/mol. The van der Waals surface area contributed by atoms with Gasteiger partial charge in [0, 0.05) is 37.5 Å². The molecule has 0 saturated heterocycles. The first kappa shape index (κ1) is 29.5. The summed E-state index contributed by atoms with van der Waals surface area (Å²) in [5.74, 6) is 0. The van der Waals surface area contributed by atoms with E-state index in [-0.39, 0.29) is 0 Å². The number of thiophene rings is 1. The third-order valence-electron chi connectivity index (χ3n) is 9.90. The summed E-state index contributed by atoms with van der Waals surface area (Å²) in [5, 5.41) is 4.75.